The summed E-state index contributed by atoms with van der Waals surface area (Å²) in [7, 11) is 1.43. The van der Waals surface area contributed by atoms with Crippen molar-refractivity contribution in [3.8, 4) is 21.1 Å². The van der Waals surface area contributed by atoms with Crippen LogP contribution in [0.3, 0.4) is 0 Å². The summed E-state index contributed by atoms with van der Waals surface area (Å²) in [4.78, 5) is 33.0. The van der Waals surface area contributed by atoms with Crippen molar-refractivity contribution in [1.29, 1.82) is 0 Å². The van der Waals surface area contributed by atoms with Crippen LogP contribution in [0.25, 0.3) is 21.1 Å². The lowest BCUT2D eigenvalue weighted by Gasteiger charge is -2.46. The van der Waals surface area contributed by atoms with Crippen molar-refractivity contribution in [1.82, 2.24) is 30.6 Å². The van der Waals surface area contributed by atoms with Crippen LogP contribution in [0.2, 0.25) is 4.34 Å². The lowest BCUT2D eigenvalue weighted by molar-refractivity contribution is -0.140. The fraction of sp³-hybridized carbons (Fsp3) is 0.564. The zero-order chi connectivity index (χ0) is 37.7. The molecule has 0 amide bonds. The number of piperidine rings is 2. The molecule has 0 saturated carbocycles. The lowest BCUT2D eigenvalue weighted by Crippen LogP contribution is -2.60. The molecule has 52 heavy (non-hydrogen) atoms. The molecule has 13 heteroatoms. The van der Waals surface area contributed by atoms with Gasteiger partial charge in [0.15, 0.2) is 0 Å². The Morgan fingerprint density at radius 1 is 0.750 bits per heavy atom. The molecule has 6 heterocycles. The molecule has 2 aliphatic heterocycles. The van der Waals surface area contributed by atoms with Gasteiger partial charge in [0.05, 0.1) is 32.6 Å². The smallest absolute Gasteiger partial charge is 0.305 e. The van der Waals surface area contributed by atoms with E-state index in [1.54, 1.807) is 17.5 Å². The Morgan fingerprint density at radius 2 is 1.21 bits per heavy atom. The van der Waals surface area contributed by atoms with Gasteiger partial charge in [-0.3, -0.25) is 4.79 Å². The number of carbonyl (C=O) groups excluding carboxylic acids is 1. The van der Waals surface area contributed by atoms with Crippen LogP contribution >= 0.6 is 34.3 Å². The normalized spacial score (nSPS) is 19.3. The Bertz CT molecular complexity index is 1770. The van der Waals surface area contributed by atoms with Crippen molar-refractivity contribution in [3.63, 3.8) is 0 Å². The number of anilines is 2. The van der Waals surface area contributed by atoms with Gasteiger partial charge < -0.3 is 26.0 Å². The van der Waals surface area contributed by atoms with Crippen molar-refractivity contribution in [2.75, 3.05) is 17.7 Å². The monoisotopic (exact) mass is 766 g/mol. The molecule has 282 valence electrons. The highest BCUT2D eigenvalue weighted by Crippen LogP contribution is 2.34. The third-order valence-electron chi connectivity index (χ3n) is 9.13. The van der Waals surface area contributed by atoms with E-state index in [-0.39, 0.29) is 28.1 Å². The second-order valence-corrected chi connectivity index (χ2v) is 19.5. The van der Waals surface area contributed by atoms with E-state index in [1.807, 2.05) is 30.5 Å². The molecule has 2 saturated heterocycles. The molecule has 2 fully saturated rings. The Morgan fingerprint density at radius 3 is 1.65 bits per heavy atom. The van der Waals surface area contributed by atoms with Crippen molar-refractivity contribution < 1.29 is 9.53 Å². The maximum atomic E-state index is 11.3. The SMILES string of the molecule is CC1(C)CC(Nc2nccc(-c3ccc(Cl)s3)n2)CC(C)(C)N1.COC(=O)CCCc1ccc(-c2ccnc(NC3CC(C)(C)NC(C)(C)C3)n2)s1. The largest absolute Gasteiger partial charge is 0.469 e. The summed E-state index contributed by atoms with van der Waals surface area (Å²) >= 11 is 9.27. The molecule has 4 aromatic rings. The van der Waals surface area contributed by atoms with E-state index < -0.39 is 0 Å². The number of hydrogen-bond donors (Lipinski definition) is 4. The number of aryl methyl sites for hydroxylation is 1. The number of aromatic nitrogens is 4. The summed E-state index contributed by atoms with van der Waals surface area (Å²) in [6.07, 6.45) is 9.85. The molecule has 0 atom stereocenters. The highest BCUT2D eigenvalue weighted by atomic mass is 35.5. The van der Waals surface area contributed by atoms with Crippen LogP contribution in [0.5, 0.6) is 0 Å². The minimum atomic E-state index is -0.155. The van der Waals surface area contributed by atoms with Gasteiger partial charge in [0.1, 0.15) is 0 Å². The van der Waals surface area contributed by atoms with Crippen molar-refractivity contribution in [2.45, 2.75) is 135 Å². The third kappa shape index (κ3) is 11.9. The summed E-state index contributed by atoms with van der Waals surface area (Å²) in [6, 6.07) is 12.7. The summed E-state index contributed by atoms with van der Waals surface area (Å²) in [5.41, 5.74) is 2.18. The minimum Gasteiger partial charge on any atom is -0.469 e. The van der Waals surface area contributed by atoms with Crippen LogP contribution in [0.15, 0.2) is 48.8 Å². The predicted octanol–water partition coefficient (Wildman–Crippen LogP) is 9.00. The van der Waals surface area contributed by atoms with Gasteiger partial charge in [0.2, 0.25) is 11.9 Å². The summed E-state index contributed by atoms with van der Waals surface area (Å²) < 4.78 is 5.47. The first-order valence-electron chi connectivity index (χ1n) is 18.1. The lowest BCUT2D eigenvalue weighted by atomic mass is 9.79. The minimum absolute atomic E-state index is 0.0733. The summed E-state index contributed by atoms with van der Waals surface area (Å²) in [5.74, 6) is 1.21. The molecule has 6 rings (SSSR count). The fourth-order valence-corrected chi connectivity index (χ4v) is 9.99. The van der Waals surface area contributed by atoms with E-state index in [9.17, 15) is 4.79 Å². The second-order valence-electron chi connectivity index (χ2n) is 16.6. The van der Waals surface area contributed by atoms with E-state index >= 15 is 0 Å². The van der Waals surface area contributed by atoms with Gasteiger partial charge in [-0.1, -0.05) is 11.6 Å². The third-order valence-corrected chi connectivity index (χ3v) is 11.6. The van der Waals surface area contributed by atoms with E-state index in [4.69, 9.17) is 21.3 Å². The van der Waals surface area contributed by atoms with Gasteiger partial charge in [-0.15, -0.1) is 22.7 Å². The molecular formula is C39H55ClN8O2S2. The number of carbonyl (C=O) groups is 1. The van der Waals surface area contributed by atoms with Gasteiger partial charge in [0.25, 0.3) is 0 Å². The highest BCUT2D eigenvalue weighted by Gasteiger charge is 2.39. The van der Waals surface area contributed by atoms with Gasteiger partial charge in [-0.05, 0) is 130 Å². The van der Waals surface area contributed by atoms with Gasteiger partial charge in [-0.2, -0.15) is 0 Å². The first kappa shape index (κ1) is 40.0. The molecular weight excluding hydrogens is 712 g/mol. The van der Waals surface area contributed by atoms with Crippen LogP contribution in [-0.2, 0) is 16.0 Å². The number of rotatable bonds is 10. The molecule has 4 aromatic heterocycles. The zero-order valence-electron chi connectivity index (χ0n) is 32.0. The van der Waals surface area contributed by atoms with Crippen LogP contribution in [0.1, 0.15) is 98.8 Å². The van der Waals surface area contributed by atoms with Gasteiger partial charge >= 0.3 is 5.97 Å². The van der Waals surface area contributed by atoms with Crippen LogP contribution in [0.4, 0.5) is 11.9 Å². The number of thiophene rings is 2. The van der Waals surface area contributed by atoms with Crippen molar-refractivity contribution >= 4 is 52.1 Å². The topological polar surface area (TPSA) is 126 Å². The number of nitrogens with one attached hydrogen (secondary N) is 4. The molecule has 0 aromatic carbocycles. The molecule has 0 unspecified atom stereocenters. The highest BCUT2D eigenvalue weighted by molar-refractivity contribution is 7.19. The summed E-state index contributed by atoms with van der Waals surface area (Å²) in [5, 5.41) is 14.5. The maximum absolute atomic E-state index is 11.3. The number of esters is 1. The van der Waals surface area contributed by atoms with Crippen molar-refractivity contribution in [3.05, 3.63) is 58.0 Å². The summed E-state index contributed by atoms with van der Waals surface area (Å²) in [6.45, 7) is 17.9. The number of nitrogens with zero attached hydrogens (tertiary/aromatic N) is 4. The first-order valence-corrected chi connectivity index (χ1v) is 20.1. The standard InChI is InChI=1S/C22H32N4O2S.C17H23ClN4S/c1-21(2)13-15(14-22(3,4)26-21)24-20-23-12-11-17(25-20)18-10-9-16(29-18)7-6-8-19(27)28-5;1-16(2)9-11(10-17(3,4)22-16)20-15-19-8-7-12(21-15)13-5-6-14(18)23-13/h9-12,15,26H,6-8,13-14H2,1-5H3,(H,23,24,25);5-8,11,22H,9-10H2,1-4H3,(H,19,20,21). The van der Waals surface area contributed by atoms with E-state index in [1.165, 1.54) is 23.3 Å². The van der Waals surface area contributed by atoms with Crippen molar-refractivity contribution in [2.24, 2.45) is 0 Å². The average Bonchev–Trinajstić information content (AvgIpc) is 3.68. The number of hydrogen-bond acceptors (Lipinski definition) is 12. The average molecular weight is 768 g/mol. The number of ether oxygens (including phenoxy) is 1. The van der Waals surface area contributed by atoms with Gasteiger partial charge in [-0.25, -0.2) is 19.9 Å². The molecule has 0 bridgehead atoms. The molecule has 0 radical (unpaired) electrons. The van der Waals surface area contributed by atoms with E-state index in [0.29, 0.717) is 30.4 Å². The maximum Gasteiger partial charge on any atom is 0.305 e. The first-order chi connectivity index (χ1) is 24.4. The molecule has 0 spiro atoms. The molecule has 4 N–H and O–H groups in total. The van der Waals surface area contributed by atoms with Crippen LogP contribution in [-0.4, -0.2) is 67.3 Å². The molecule has 2 aliphatic rings. The fourth-order valence-electron chi connectivity index (χ4n) is 7.96. The predicted molar refractivity (Wildman–Crippen MR) is 217 cm³/mol. The van der Waals surface area contributed by atoms with E-state index in [0.717, 1.165) is 64.0 Å². The molecule has 0 aliphatic carbocycles. The Kier molecular flexibility index (Phi) is 12.7. The Balaban J connectivity index is 0.000000206. The van der Waals surface area contributed by atoms with Crippen LogP contribution < -0.4 is 21.3 Å². The Hall–Kier alpha value is -3.16. The Labute approximate surface area is 322 Å². The quantitative estimate of drug-likeness (QED) is 0.116. The van der Waals surface area contributed by atoms with Crippen LogP contribution in [0, 0.1) is 0 Å². The van der Waals surface area contributed by atoms with E-state index in [2.05, 4.69) is 104 Å². The van der Waals surface area contributed by atoms with Gasteiger partial charge in [0, 0.05) is 57.9 Å². The molecule has 10 nitrogen and oxygen atoms in total. The zero-order valence-corrected chi connectivity index (χ0v) is 34.4. The number of methoxy groups -OCH3 is 1. The number of halogens is 1. The second kappa shape index (κ2) is 16.5.